The number of aromatic amines is 1. The predicted octanol–water partition coefficient (Wildman–Crippen LogP) is 4.17. The molecule has 0 atom stereocenters. The Hall–Kier alpha value is -0.781. The Balaban J connectivity index is 3.43. The molecule has 25 heavy (non-hydrogen) atoms. The first-order valence-electron chi connectivity index (χ1n) is 10.00. The van der Waals surface area contributed by atoms with Crippen LogP contribution in [0.2, 0.25) is 13.3 Å². The predicted molar refractivity (Wildman–Crippen MR) is 111 cm³/mol. The van der Waals surface area contributed by atoms with Gasteiger partial charge in [0, 0.05) is 0 Å². The van der Waals surface area contributed by atoms with E-state index < -0.39 is 18.4 Å². The van der Waals surface area contributed by atoms with E-state index in [-0.39, 0.29) is 11.2 Å². The van der Waals surface area contributed by atoms with Crippen molar-refractivity contribution in [2.45, 2.75) is 86.1 Å². The molecule has 1 aromatic heterocycles. The third kappa shape index (κ3) is 6.46. The molecule has 0 radical (unpaired) electrons. The summed E-state index contributed by atoms with van der Waals surface area (Å²) < 4.78 is 6.41. The molecule has 142 valence electrons. The van der Waals surface area contributed by atoms with Crippen molar-refractivity contribution >= 4 is 22.0 Å². The monoisotopic (exact) mass is 456 g/mol. The standard InChI is InChI=1S/C8H9N2O2.3C4H9.Sn/c1-2-3-5-10-6-4-7(11)9-8(10)12;3*1-3-4-2;/h2-3,6H,5H2,1H3,(H,9,11,12);3*1,3-4H2,2H3;/b3-2+;;;;. The number of rotatable bonds is 12. The van der Waals surface area contributed by atoms with E-state index in [1.165, 1.54) is 51.8 Å². The summed E-state index contributed by atoms with van der Waals surface area (Å²) in [6.45, 7) is 9.18. The van der Waals surface area contributed by atoms with Crippen molar-refractivity contribution in [2.75, 3.05) is 0 Å². The van der Waals surface area contributed by atoms with Gasteiger partial charge in [-0.3, -0.25) is 0 Å². The van der Waals surface area contributed by atoms with Crippen LogP contribution in [0.25, 0.3) is 0 Å². The fraction of sp³-hybridized carbons (Fsp3) is 0.700. The molecule has 0 aliphatic carbocycles. The van der Waals surface area contributed by atoms with Crippen molar-refractivity contribution < 1.29 is 0 Å². The second kappa shape index (κ2) is 11.8. The fourth-order valence-corrected chi connectivity index (χ4v) is 19.6. The van der Waals surface area contributed by atoms with Crippen LogP contribution in [0.1, 0.15) is 66.2 Å². The molecule has 0 aromatic carbocycles. The van der Waals surface area contributed by atoms with Crippen LogP contribution in [0.4, 0.5) is 0 Å². The van der Waals surface area contributed by atoms with E-state index in [0.717, 1.165) is 3.58 Å². The summed E-state index contributed by atoms with van der Waals surface area (Å²) >= 11 is -2.82. The molecule has 1 heterocycles. The number of unbranched alkanes of at least 4 members (excludes halogenated alkanes) is 3. The van der Waals surface area contributed by atoms with Crippen LogP contribution in [-0.4, -0.2) is 27.9 Å². The number of nitrogens with one attached hydrogen (secondary N) is 1. The third-order valence-corrected chi connectivity index (χ3v) is 20.6. The van der Waals surface area contributed by atoms with Crippen molar-refractivity contribution in [3.05, 3.63) is 39.2 Å². The van der Waals surface area contributed by atoms with Crippen LogP contribution < -0.4 is 14.8 Å². The van der Waals surface area contributed by atoms with Crippen LogP contribution in [0, 0.1) is 0 Å². The molecule has 5 heteroatoms. The molecule has 0 aliphatic rings. The van der Waals surface area contributed by atoms with E-state index >= 15 is 0 Å². The minimum absolute atomic E-state index is 0.0964. The minimum atomic E-state index is -2.82. The van der Waals surface area contributed by atoms with Gasteiger partial charge in [0.05, 0.1) is 0 Å². The molecule has 0 amide bonds. The fourth-order valence-electron chi connectivity index (χ4n) is 3.57. The van der Waals surface area contributed by atoms with Gasteiger partial charge in [0.15, 0.2) is 0 Å². The summed E-state index contributed by atoms with van der Waals surface area (Å²) in [5.41, 5.74) is -0.380. The van der Waals surface area contributed by atoms with E-state index in [9.17, 15) is 9.59 Å². The Morgan fingerprint density at radius 2 is 1.52 bits per heavy atom. The van der Waals surface area contributed by atoms with Crippen molar-refractivity contribution in [1.29, 1.82) is 0 Å². The first-order chi connectivity index (χ1) is 12.0. The number of aromatic nitrogens is 2. The molecule has 0 saturated heterocycles. The summed E-state index contributed by atoms with van der Waals surface area (Å²) in [6.07, 6.45) is 13.0. The van der Waals surface area contributed by atoms with Crippen LogP contribution >= 0.6 is 0 Å². The maximum atomic E-state index is 12.8. The molecular formula is C20H36N2O2Sn. The van der Waals surface area contributed by atoms with E-state index in [1.54, 1.807) is 4.57 Å². The van der Waals surface area contributed by atoms with Gasteiger partial charge >= 0.3 is 157 Å². The molecule has 0 aliphatic heterocycles. The van der Waals surface area contributed by atoms with Crippen molar-refractivity contribution in [3.63, 3.8) is 0 Å². The van der Waals surface area contributed by atoms with Crippen molar-refractivity contribution in [1.82, 2.24) is 9.55 Å². The van der Waals surface area contributed by atoms with Gasteiger partial charge in [-0.15, -0.1) is 0 Å². The number of hydrogen-bond acceptors (Lipinski definition) is 2. The summed E-state index contributed by atoms with van der Waals surface area (Å²) in [4.78, 5) is 27.6. The first kappa shape index (κ1) is 22.3. The Morgan fingerprint density at radius 1 is 1.00 bits per heavy atom. The second-order valence-corrected chi connectivity index (χ2v) is 20.2. The molecular weight excluding hydrogens is 419 g/mol. The number of H-pyrrole nitrogens is 1. The van der Waals surface area contributed by atoms with Crippen LogP contribution in [0.3, 0.4) is 0 Å². The van der Waals surface area contributed by atoms with E-state index in [2.05, 4.69) is 25.8 Å². The third-order valence-electron chi connectivity index (χ3n) is 5.15. The molecule has 0 saturated carbocycles. The van der Waals surface area contributed by atoms with Gasteiger partial charge in [-0.1, -0.05) is 0 Å². The molecule has 1 aromatic rings. The summed E-state index contributed by atoms with van der Waals surface area (Å²) in [5.74, 6) is 0. The Morgan fingerprint density at radius 3 is 1.96 bits per heavy atom. The van der Waals surface area contributed by atoms with Crippen LogP contribution in [0.5, 0.6) is 0 Å². The summed E-state index contributed by atoms with van der Waals surface area (Å²) in [5, 5.41) is 0. The van der Waals surface area contributed by atoms with Crippen molar-refractivity contribution in [3.8, 4) is 0 Å². The zero-order valence-electron chi connectivity index (χ0n) is 16.6. The van der Waals surface area contributed by atoms with E-state index in [0.29, 0.717) is 6.54 Å². The quantitative estimate of drug-likeness (QED) is 0.380. The Labute approximate surface area is 156 Å². The zero-order valence-corrected chi connectivity index (χ0v) is 19.4. The SMILES string of the molecule is C/C=C/Cn1c[c]([Sn]([CH2]CCC)([CH2]CCC)[CH2]CCC)c(=O)[nH]c1=O. The summed E-state index contributed by atoms with van der Waals surface area (Å²) in [6, 6.07) is 0. The van der Waals surface area contributed by atoms with E-state index in [1.807, 2.05) is 25.3 Å². The number of nitrogens with zero attached hydrogens (tertiary/aromatic N) is 1. The van der Waals surface area contributed by atoms with Gasteiger partial charge in [0.25, 0.3) is 0 Å². The van der Waals surface area contributed by atoms with Gasteiger partial charge in [0.2, 0.25) is 0 Å². The topological polar surface area (TPSA) is 54.9 Å². The van der Waals surface area contributed by atoms with Gasteiger partial charge in [0.1, 0.15) is 0 Å². The van der Waals surface area contributed by atoms with Gasteiger partial charge in [-0.05, 0) is 0 Å². The normalized spacial score (nSPS) is 12.2. The Bertz CT molecular complexity index is 624. The molecule has 0 spiro atoms. The van der Waals surface area contributed by atoms with Crippen LogP contribution in [-0.2, 0) is 6.54 Å². The zero-order chi connectivity index (χ0) is 18.7. The molecule has 1 N–H and O–H groups in total. The molecule has 1 rings (SSSR count). The molecule has 4 nitrogen and oxygen atoms in total. The second-order valence-electron chi connectivity index (χ2n) is 7.11. The average Bonchev–Trinajstić information content (AvgIpc) is 2.61. The van der Waals surface area contributed by atoms with Gasteiger partial charge in [-0.25, -0.2) is 0 Å². The molecule has 0 unspecified atom stereocenters. The number of hydrogen-bond donors (Lipinski definition) is 1. The van der Waals surface area contributed by atoms with E-state index in [4.69, 9.17) is 0 Å². The maximum absolute atomic E-state index is 12.8. The molecule has 0 bridgehead atoms. The van der Waals surface area contributed by atoms with Gasteiger partial charge < -0.3 is 0 Å². The average molecular weight is 455 g/mol. The van der Waals surface area contributed by atoms with Crippen LogP contribution in [0.15, 0.2) is 27.9 Å². The van der Waals surface area contributed by atoms with Gasteiger partial charge in [-0.2, -0.15) is 0 Å². The summed E-state index contributed by atoms with van der Waals surface area (Å²) in [7, 11) is 0. The molecule has 0 fully saturated rings. The van der Waals surface area contributed by atoms with Crippen molar-refractivity contribution in [2.24, 2.45) is 0 Å². The first-order valence-corrected chi connectivity index (χ1v) is 17.5. The Kier molecular flexibility index (Phi) is 10.5. The number of allylic oxidation sites excluding steroid dienone is 2.